The van der Waals surface area contributed by atoms with Gasteiger partial charge in [-0.3, -0.25) is 0 Å². The molecule has 0 N–H and O–H groups in total. The average Bonchev–Trinajstić information content (AvgIpc) is 1.21. The van der Waals surface area contributed by atoms with Crippen molar-refractivity contribution >= 4 is 38.8 Å². The van der Waals surface area contributed by atoms with Gasteiger partial charge in [0, 0.05) is 17.2 Å². The third kappa shape index (κ3) is 13.3. The predicted octanol–water partition coefficient (Wildman–Crippen LogP) is 17.2. The lowest BCUT2D eigenvalue weighted by Crippen LogP contribution is -2.75. The molecule has 0 bridgehead atoms. The van der Waals surface area contributed by atoms with E-state index in [0.717, 1.165) is 6.54 Å². The first kappa shape index (κ1) is 61.9. The molecule has 0 spiro atoms. The van der Waals surface area contributed by atoms with Crippen molar-refractivity contribution in [2.45, 2.75) is 56.0 Å². The molecule has 2 aliphatic rings. The molecule has 2 aliphatic carbocycles. The van der Waals surface area contributed by atoms with Crippen LogP contribution in [0.1, 0.15) is 50.1 Å². The molecule has 0 amide bonds. The Kier molecular flexibility index (Phi) is 16.0. The van der Waals surface area contributed by atoms with Crippen molar-refractivity contribution in [1.29, 1.82) is 0 Å². The molecule has 26 heteroatoms. The largest absolute Gasteiger partial charge is 0.416 e. The van der Waals surface area contributed by atoms with E-state index >= 15 is 0 Å². The predicted molar refractivity (Wildman–Crippen MR) is 262 cm³/mol. The fourth-order valence-corrected chi connectivity index (χ4v) is 9.91. The minimum atomic E-state index is -6.13. The lowest BCUT2D eigenvalue weighted by molar-refractivity contribution is -0.676. The lowest BCUT2D eigenvalue weighted by Gasteiger charge is -2.46. The second-order valence-electron chi connectivity index (χ2n) is 19.2. The summed E-state index contributed by atoms with van der Waals surface area (Å²) < 4.78 is 343. The van der Waals surface area contributed by atoms with Gasteiger partial charge in [0.15, 0.2) is 12.7 Å². The summed E-state index contributed by atoms with van der Waals surface area (Å²) in [5.74, 6) is 0. The zero-order chi connectivity index (χ0) is 62.0. The van der Waals surface area contributed by atoms with Crippen LogP contribution in [0.3, 0.4) is 0 Å². The second-order valence-corrected chi connectivity index (χ2v) is 19.2. The summed E-state index contributed by atoms with van der Waals surface area (Å²) in [5, 5.41) is 2.56. The molecule has 6 aromatic carbocycles. The maximum Gasteiger partial charge on any atom is 0.416 e. The molecule has 84 heavy (non-hydrogen) atoms. The van der Waals surface area contributed by atoms with Crippen LogP contribution in [0.15, 0.2) is 182 Å². The minimum Gasteiger partial charge on any atom is -0.194 e. The first-order valence-electron chi connectivity index (χ1n) is 23.9. The molecular formula is C58H32BF24N. The van der Waals surface area contributed by atoms with Crippen molar-refractivity contribution in [1.82, 2.24) is 0 Å². The van der Waals surface area contributed by atoms with E-state index in [1.165, 1.54) is 38.7 Å². The standard InChI is InChI=1S/C32H12BF24.C26H20N/c34-25(35,36)13-1-14(26(37,38)39)6-21(5-13)33(22-7-15(27(40,41)42)2-16(8-22)28(43,44)45,23-9-17(29(46,47)48)3-18(10-23)30(49,50)51)24-11-19(31(52,53)54)4-20(12-24)32(55,56)57;1-3-9-20(10-4-1)19-27-16-15-21-11-7-8-14-25(21)26(27)24-17-22-12-5-2-6-13-23(22)18-24/h1-12H;1-18H,19H2/q-1;+1. The number of halogens is 24. The summed E-state index contributed by atoms with van der Waals surface area (Å²) in [5.41, 5.74) is -23.8. The average molecular weight is 1210 g/mol. The third-order valence-electron chi connectivity index (χ3n) is 13.6. The topological polar surface area (TPSA) is 3.88 Å². The monoisotopic (exact) mass is 1210 g/mol. The highest BCUT2D eigenvalue weighted by Gasteiger charge is 2.47. The fraction of sp³-hybridized carbons (Fsp3) is 0.155. The Balaban J connectivity index is 0.000000280. The van der Waals surface area contributed by atoms with E-state index in [1.54, 1.807) is 0 Å². The van der Waals surface area contributed by atoms with Gasteiger partial charge in [0.1, 0.15) is 6.15 Å². The van der Waals surface area contributed by atoms with Gasteiger partial charge in [-0.15, -0.1) is 0 Å². The van der Waals surface area contributed by atoms with Crippen molar-refractivity contribution in [3.63, 3.8) is 0 Å². The summed E-state index contributed by atoms with van der Waals surface area (Å²) in [6.45, 7) is 0.857. The van der Waals surface area contributed by atoms with Gasteiger partial charge in [0.25, 0.3) is 0 Å². The molecule has 0 fully saturated rings. The number of pyridine rings is 1. The van der Waals surface area contributed by atoms with E-state index in [1.807, 2.05) is 0 Å². The Morgan fingerprint density at radius 1 is 0.274 bits per heavy atom. The molecule has 440 valence electrons. The van der Waals surface area contributed by atoms with Crippen LogP contribution < -0.4 is 26.4 Å². The van der Waals surface area contributed by atoms with Crippen LogP contribution in [0.5, 0.6) is 0 Å². The first-order chi connectivity index (χ1) is 38.6. The van der Waals surface area contributed by atoms with Crippen LogP contribution in [0.2, 0.25) is 0 Å². The summed E-state index contributed by atoms with van der Waals surface area (Å²) in [7, 11) is 0. The molecule has 0 radical (unpaired) electrons. The number of aromatic nitrogens is 1. The molecule has 0 saturated carbocycles. The van der Waals surface area contributed by atoms with Crippen LogP contribution in [0, 0.1) is 0 Å². The normalized spacial score (nSPS) is 13.3. The Hall–Kier alpha value is -8.19. The fourth-order valence-electron chi connectivity index (χ4n) is 9.91. The molecule has 0 aliphatic heterocycles. The Morgan fingerprint density at radius 2 is 0.548 bits per heavy atom. The summed E-state index contributed by atoms with van der Waals surface area (Å²) >= 11 is 0. The van der Waals surface area contributed by atoms with Crippen molar-refractivity contribution in [3.8, 4) is 22.4 Å². The van der Waals surface area contributed by atoms with E-state index in [0.29, 0.717) is 0 Å². The Bertz CT molecular complexity index is 3360. The van der Waals surface area contributed by atoms with Crippen LogP contribution >= 0.6 is 0 Å². The van der Waals surface area contributed by atoms with Crippen LogP contribution in [-0.4, -0.2) is 6.15 Å². The zero-order valence-corrected chi connectivity index (χ0v) is 41.6. The maximum atomic E-state index is 14.2. The molecule has 1 heterocycles. The van der Waals surface area contributed by atoms with Crippen LogP contribution in [0.4, 0.5) is 105 Å². The molecular weight excluding hydrogens is 1180 g/mol. The number of benzene rings is 6. The third-order valence-corrected chi connectivity index (χ3v) is 13.6. The van der Waals surface area contributed by atoms with Gasteiger partial charge < -0.3 is 0 Å². The van der Waals surface area contributed by atoms with Crippen molar-refractivity contribution < 1.29 is 110 Å². The summed E-state index contributed by atoms with van der Waals surface area (Å²) in [6.07, 6.45) is -52.6. The molecule has 9 rings (SSSR count). The number of alkyl halides is 24. The summed E-state index contributed by atoms with van der Waals surface area (Å²) in [4.78, 5) is 0. The van der Waals surface area contributed by atoms with Gasteiger partial charge in [-0.25, -0.2) is 0 Å². The number of fused-ring (bicyclic) bond motifs is 2. The molecule has 0 saturated heterocycles. The molecule has 0 unspecified atom stereocenters. The van der Waals surface area contributed by atoms with E-state index in [2.05, 4.69) is 114 Å². The van der Waals surface area contributed by atoms with Crippen LogP contribution in [-0.2, 0) is 56.0 Å². The number of rotatable bonds is 7. The molecule has 0 atom stereocenters. The highest BCUT2D eigenvalue weighted by atomic mass is 19.4. The maximum absolute atomic E-state index is 14.2. The van der Waals surface area contributed by atoms with E-state index in [9.17, 15) is 105 Å². The quantitative estimate of drug-likeness (QED) is 0.0851. The minimum absolute atomic E-state index is 0.691. The number of nitrogens with zero attached hydrogens (tertiary/aromatic N) is 1. The second kappa shape index (κ2) is 21.8. The first-order valence-corrected chi connectivity index (χ1v) is 23.9. The number of hydrogen-bond donors (Lipinski definition) is 0. The van der Waals surface area contributed by atoms with Crippen molar-refractivity contribution in [3.05, 3.63) is 232 Å². The number of hydrogen-bond acceptors (Lipinski definition) is 0. The highest BCUT2D eigenvalue weighted by Crippen LogP contribution is 2.42. The molecule has 1 aromatic heterocycles. The van der Waals surface area contributed by atoms with E-state index in [4.69, 9.17) is 0 Å². The summed E-state index contributed by atoms with van der Waals surface area (Å²) in [6, 6.07) is 28.0. The van der Waals surface area contributed by atoms with Gasteiger partial charge in [-0.05, 0) is 59.0 Å². The molecule has 7 aromatic rings. The van der Waals surface area contributed by atoms with Crippen LogP contribution in [0.25, 0.3) is 33.2 Å². The van der Waals surface area contributed by atoms with E-state index in [-0.39, 0.29) is 0 Å². The van der Waals surface area contributed by atoms with Gasteiger partial charge in [0.05, 0.1) is 49.9 Å². The van der Waals surface area contributed by atoms with Crippen molar-refractivity contribution in [2.75, 3.05) is 0 Å². The smallest absolute Gasteiger partial charge is 0.194 e. The van der Waals surface area contributed by atoms with E-state index < -0.39 is 195 Å². The Labute approximate surface area is 458 Å². The van der Waals surface area contributed by atoms with Gasteiger partial charge in [0.2, 0.25) is 5.69 Å². The zero-order valence-electron chi connectivity index (χ0n) is 41.6. The SMILES string of the molecule is FC(F)(F)c1cc([B-](c2cc(C(F)(F)F)cc(C(F)(F)F)c2)(c2cc(C(F)(F)F)cc(C(F)(F)F)c2)c2cc(C(F)(F)F)cc(C(F)(F)F)c2)cc(C(F)(F)F)c1.c1ccc(C[n+]2ccc3ccccc3c2-c2cc3cccccc-3c2)cc1. The Morgan fingerprint density at radius 3 is 0.845 bits per heavy atom. The molecule has 1 nitrogen and oxygen atoms in total. The van der Waals surface area contributed by atoms with Crippen molar-refractivity contribution in [2.24, 2.45) is 0 Å². The van der Waals surface area contributed by atoms with Gasteiger partial charge in [-0.2, -0.15) is 132 Å². The van der Waals surface area contributed by atoms with Gasteiger partial charge >= 0.3 is 49.4 Å². The van der Waals surface area contributed by atoms with Gasteiger partial charge in [-0.1, -0.05) is 127 Å². The lowest BCUT2D eigenvalue weighted by atomic mass is 9.12. The highest BCUT2D eigenvalue weighted by molar-refractivity contribution is 7.20.